The van der Waals surface area contributed by atoms with Crippen LogP contribution in [-0.2, 0) is 9.84 Å². The van der Waals surface area contributed by atoms with Crippen LogP contribution in [0, 0.1) is 11.3 Å². The molecule has 236 valence electrons. The normalized spacial score (nSPS) is 12.1. The molecule has 0 N–H and O–H groups in total. The van der Waals surface area contributed by atoms with Gasteiger partial charge in [0.25, 0.3) is 0 Å². The summed E-state index contributed by atoms with van der Waals surface area (Å²) in [6, 6.07) is 51.9. The third-order valence-corrected chi connectivity index (χ3v) is 12.7. The molecule has 0 bridgehead atoms. The van der Waals surface area contributed by atoms with Gasteiger partial charge in [-0.15, -0.1) is 11.3 Å². The number of hydrogen-bond acceptors (Lipinski definition) is 4. The van der Waals surface area contributed by atoms with Crippen LogP contribution in [0.25, 0.3) is 75.2 Å². The Labute approximate surface area is 291 Å². The van der Waals surface area contributed by atoms with Crippen molar-refractivity contribution in [2.45, 2.75) is 9.79 Å². The average Bonchev–Trinajstić information content (AvgIpc) is 3.81. The van der Waals surface area contributed by atoms with Gasteiger partial charge in [-0.1, -0.05) is 66.7 Å². The Hall–Kier alpha value is -6.20. The lowest BCUT2D eigenvalue weighted by molar-refractivity contribution is 0.596. The topological polar surface area (TPSA) is 67.8 Å². The molecule has 10 aromatic rings. The van der Waals surface area contributed by atoms with Crippen LogP contribution in [0.2, 0.25) is 0 Å². The van der Waals surface area contributed by atoms with Crippen LogP contribution in [-0.4, -0.2) is 17.6 Å². The fourth-order valence-corrected chi connectivity index (χ4v) is 9.88. The molecule has 0 fully saturated rings. The maximum Gasteiger partial charge on any atom is 0.206 e. The number of sulfone groups is 1. The first kappa shape index (κ1) is 28.8. The van der Waals surface area contributed by atoms with E-state index in [9.17, 15) is 13.7 Å². The van der Waals surface area contributed by atoms with Crippen LogP contribution in [0.4, 0.5) is 0 Å². The number of aromatic nitrogens is 2. The molecule has 0 saturated carbocycles. The molecule has 0 saturated heterocycles. The Morgan fingerprint density at radius 2 is 1.06 bits per heavy atom. The molecule has 3 heterocycles. The van der Waals surface area contributed by atoms with Gasteiger partial charge in [-0.25, -0.2) is 8.42 Å². The van der Waals surface area contributed by atoms with Crippen LogP contribution in [0.1, 0.15) is 5.56 Å². The number of fused-ring (bicyclic) bond motifs is 10. The quantitative estimate of drug-likeness (QED) is 0.186. The van der Waals surface area contributed by atoms with Crippen molar-refractivity contribution < 1.29 is 8.42 Å². The SMILES string of the molecule is N#Cc1ccc(S(=O)(=O)c2ccc(-n3c4cc5sc6ccccc6c5cc4c4ccc5c6ccccc6n(-c6ccccc6)c5c43)cc2)cc1. The first-order valence-corrected chi connectivity index (χ1v) is 18.5. The summed E-state index contributed by atoms with van der Waals surface area (Å²) in [7, 11) is -3.79. The third-order valence-electron chi connectivity index (χ3n) is 9.77. The van der Waals surface area contributed by atoms with Gasteiger partial charge < -0.3 is 9.13 Å². The second-order valence-corrected chi connectivity index (χ2v) is 15.5. The van der Waals surface area contributed by atoms with E-state index in [-0.39, 0.29) is 9.79 Å². The second-order valence-electron chi connectivity index (χ2n) is 12.5. The molecule has 5 nitrogen and oxygen atoms in total. The summed E-state index contributed by atoms with van der Waals surface area (Å²) >= 11 is 1.79. The van der Waals surface area contributed by atoms with E-state index in [0.29, 0.717) is 5.56 Å². The Balaban J connectivity index is 1.31. The molecule has 0 amide bonds. The highest BCUT2D eigenvalue weighted by Gasteiger charge is 2.23. The van der Waals surface area contributed by atoms with Crippen LogP contribution in [0.5, 0.6) is 0 Å². The van der Waals surface area contributed by atoms with E-state index in [1.165, 1.54) is 49.8 Å². The zero-order valence-corrected chi connectivity index (χ0v) is 28.0. The van der Waals surface area contributed by atoms with Crippen molar-refractivity contribution in [3.05, 3.63) is 157 Å². The van der Waals surface area contributed by atoms with E-state index in [0.717, 1.165) is 49.6 Å². The lowest BCUT2D eigenvalue weighted by Crippen LogP contribution is -2.03. The third kappa shape index (κ3) is 4.07. The predicted molar refractivity (Wildman–Crippen MR) is 205 cm³/mol. The highest BCUT2D eigenvalue weighted by Crippen LogP contribution is 2.44. The molecule has 10 rings (SSSR count). The molecule has 0 aliphatic rings. The molecule has 0 unspecified atom stereocenters. The number of hydrogen-bond donors (Lipinski definition) is 0. The van der Waals surface area contributed by atoms with Crippen molar-refractivity contribution in [2.75, 3.05) is 0 Å². The van der Waals surface area contributed by atoms with Crippen molar-refractivity contribution in [2.24, 2.45) is 0 Å². The van der Waals surface area contributed by atoms with E-state index in [1.807, 2.05) is 18.2 Å². The summed E-state index contributed by atoms with van der Waals surface area (Å²) in [6.07, 6.45) is 0. The van der Waals surface area contributed by atoms with Crippen molar-refractivity contribution in [3.63, 3.8) is 0 Å². The number of rotatable bonds is 4. The van der Waals surface area contributed by atoms with E-state index in [1.54, 1.807) is 23.5 Å². The molecule has 0 aliphatic heterocycles. The fourth-order valence-electron chi connectivity index (χ4n) is 7.50. The summed E-state index contributed by atoms with van der Waals surface area (Å²) in [5.74, 6) is 0. The zero-order valence-electron chi connectivity index (χ0n) is 26.4. The van der Waals surface area contributed by atoms with E-state index >= 15 is 0 Å². The molecule has 3 aromatic heterocycles. The van der Waals surface area contributed by atoms with E-state index in [2.05, 4.69) is 112 Å². The minimum atomic E-state index is -3.79. The van der Waals surface area contributed by atoms with E-state index < -0.39 is 9.84 Å². The van der Waals surface area contributed by atoms with Crippen molar-refractivity contribution >= 4 is 85.0 Å². The number of benzene rings is 7. The van der Waals surface area contributed by atoms with Crippen LogP contribution in [0.15, 0.2) is 161 Å². The Morgan fingerprint density at radius 1 is 0.480 bits per heavy atom. The standard InChI is InChI=1S/C43H25N3O2S2/c44-26-27-14-18-30(19-15-27)50(47,48)31-20-16-29(17-21-31)46-39-25-41-37(33-11-5-7-13-40(33)49-41)24-36(39)35-23-22-34-32-10-4-6-12-38(32)45(42(34)43(35)46)28-8-2-1-3-9-28/h1-25H. The van der Waals surface area contributed by atoms with Gasteiger partial charge in [-0.3, -0.25) is 0 Å². The Kier molecular flexibility index (Phi) is 6.13. The lowest BCUT2D eigenvalue weighted by Gasteiger charge is -2.13. The lowest BCUT2D eigenvalue weighted by atomic mass is 10.1. The minimum Gasteiger partial charge on any atom is -0.307 e. The number of nitrogens with zero attached hydrogens (tertiary/aromatic N) is 3. The van der Waals surface area contributed by atoms with Crippen LogP contribution in [0.3, 0.4) is 0 Å². The maximum atomic E-state index is 13.7. The van der Waals surface area contributed by atoms with Crippen molar-refractivity contribution in [3.8, 4) is 17.4 Å². The van der Waals surface area contributed by atoms with Gasteiger partial charge in [0.05, 0.1) is 43.5 Å². The molecular formula is C43H25N3O2S2. The molecule has 0 spiro atoms. The molecule has 50 heavy (non-hydrogen) atoms. The predicted octanol–water partition coefficient (Wildman–Crippen LogP) is 11.0. The maximum absolute atomic E-state index is 13.7. The van der Waals surface area contributed by atoms with Gasteiger partial charge in [0.15, 0.2) is 0 Å². The van der Waals surface area contributed by atoms with Gasteiger partial charge in [-0.2, -0.15) is 5.26 Å². The highest BCUT2D eigenvalue weighted by atomic mass is 32.2. The van der Waals surface area contributed by atoms with Crippen molar-refractivity contribution in [1.82, 2.24) is 9.13 Å². The molecular weight excluding hydrogens is 655 g/mol. The molecule has 0 aliphatic carbocycles. The highest BCUT2D eigenvalue weighted by molar-refractivity contribution is 7.91. The van der Waals surface area contributed by atoms with Gasteiger partial charge in [0.2, 0.25) is 9.84 Å². The first-order chi connectivity index (χ1) is 24.5. The molecule has 7 heteroatoms. The number of thiophene rings is 1. The van der Waals surface area contributed by atoms with Gasteiger partial charge >= 0.3 is 0 Å². The molecule has 7 aromatic carbocycles. The smallest absolute Gasteiger partial charge is 0.206 e. The summed E-state index contributed by atoms with van der Waals surface area (Å²) in [5.41, 5.74) is 6.67. The summed E-state index contributed by atoms with van der Waals surface area (Å²) in [4.78, 5) is 0.351. The monoisotopic (exact) mass is 679 g/mol. The van der Waals surface area contributed by atoms with Gasteiger partial charge in [0.1, 0.15) is 0 Å². The Morgan fingerprint density at radius 3 is 1.78 bits per heavy atom. The van der Waals surface area contributed by atoms with Crippen LogP contribution >= 0.6 is 11.3 Å². The van der Waals surface area contributed by atoms with Crippen LogP contribution < -0.4 is 0 Å². The largest absolute Gasteiger partial charge is 0.307 e. The van der Waals surface area contributed by atoms with E-state index in [4.69, 9.17) is 0 Å². The Bertz CT molecular complexity index is 3150. The molecule has 0 atom stereocenters. The fraction of sp³-hybridized carbons (Fsp3) is 0. The number of para-hydroxylation sites is 2. The summed E-state index contributed by atoms with van der Waals surface area (Å²) in [5, 5.41) is 16.2. The summed E-state index contributed by atoms with van der Waals surface area (Å²) in [6.45, 7) is 0. The van der Waals surface area contributed by atoms with Gasteiger partial charge in [0, 0.05) is 53.1 Å². The second kappa shape index (κ2) is 10.6. The van der Waals surface area contributed by atoms with Gasteiger partial charge in [-0.05, 0) is 84.9 Å². The number of nitriles is 1. The van der Waals surface area contributed by atoms with Crippen molar-refractivity contribution in [1.29, 1.82) is 5.26 Å². The summed E-state index contributed by atoms with van der Waals surface area (Å²) < 4.78 is 34.4. The minimum absolute atomic E-state index is 0.155. The average molecular weight is 680 g/mol. The zero-order chi connectivity index (χ0) is 33.6. The first-order valence-electron chi connectivity index (χ1n) is 16.2. The molecule has 0 radical (unpaired) electrons.